The fourth-order valence-electron chi connectivity index (χ4n) is 2.28. The smallest absolute Gasteiger partial charge is 0.256 e. The lowest BCUT2D eigenvalue weighted by molar-refractivity contribution is 0.0935. The summed E-state index contributed by atoms with van der Waals surface area (Å²) in [4.78, 5) is 16.3. The molecular formula is C15H15N3O3. The number of carbonyl (C=O) groups excluding carboxylic acids is 1. The molecule has 0 aliphatic carbocycles. The van der Waals surface area contributed by atoms with E-state index < -0.39 is 0 Å². The summed E-state index contributed by atoms with van der Waals surface area (Å²) in [6.45, 7) is 0. The fraction of sp³-hybridized carbons (Fsp3) is 0.200. The second-order valence-corrected chi connectivity index (χ2v) is 4.56. The molecule has 21 heavy (non-hydrogen) atoms. The predicted octanol–water partition coefficient (Wildman–Crippen LogP) is 1.95. The van der Waals surface area contributed by atoms with Crippen molar-refractivity contribution in [3.8, 4) is 11.5 Å². The monoisotopic (exact) mass is 285 g/mol. The van der Waals surface area contributed by atoms with Crippen molar-refractivity contribution in [2.24, 2.45) is 0 Å². The van der Waals surface area contributed by atoms with E-state index in [2.05, 4.69) is 15.6 Å². The molecule has 3 rings (SSSR count). The average Bonchev–Trinajstić information content (AvgIpc) is 2.54. The first-order chi connectivity index (χ1) is 10.2. The van der Waals surface area contributed by atoms with Crippen LogP contribution in [-0.4, -0.2) is 25.1 Å². The zero-order valence-corrected chi connectivity index (χ0v) is 11.7. The number of anilines is 1. The van der Waals surface area contributed by atoms with Gasteiger partial charge in [0.15, 0.2) is 11.5 Å². The van der Waals surface area contributed by atoms with E-state index in [-0.39, 0.29) is 12.1 Å². The Morgan fingerprint density at radius 2 is 1.90 bits per heavy atom. The van der Waals surface area contributed by atoms with Crippen LogP contribution in [0.2, 0.25) is 0 Å². The largest absolute Gasteiger partial charge is 0.493 e. The van der Waals surface area contributed by atoms with Gasteiger partial charge in [0.1, 0.15) is 12.0 Å². The first-order valence-corrected chi connectivity index (χ1v) is 6.47. The molecule has 1 amide bonds. The number of methoxy groups -OCH3 is 2. The molecule has 0 saturated heterocycles. The van der Waals surface area contributed by atoms with Crippen LogP contribution in [0.5, 0.6) is 11.5 Å². The Kier molecular flexibility index (Phi) is 3.35. The number of nitrogens with one attached hydrogen (secondary N) is 2. The molecule has 6 heteroatoms. The van der Waals surface area contributed by atoms with E-state index in [9.17, 15) is 4.79 Å². The number of hydrogen-bond donors (Lipinski definition) is 2. The fourth-order valence-corrected chi connectivity index (χ4v) is 2.28. The maximum absolute atomic E-state index is 12.1. The Hall–Kier alpha value is -2.76. The molecule has 1 aromatic heterocycles. The number of pyridine rings is 1. The molecule has 0 bridgehead atoms. The van der Waals surface area contributed by atoms with Crippen molar-refractivity contribution < 1.29 is 14.3 Å². The minimum Gasteiger partial charge on any atom is -0.493 e. The standard InChI is InChI=1S/C15H15N3O3/c1-20-11-6-5-9(8-12(11)21-2)13-17-14-10(15(19)18-13)4-3-7-16-14/h3-8,13H,1-2H3,(H,16,17)(H,18,19)/t13-/m1/s1. The van der Waals surface area contributed by atoms with Gasteiger partial charge in [0.05, 0.1) is 19.8 Å². The van der Waals surface area contributed by atoms with Crippen molar-refractivity contribution in [3.05, 3.63) is 47.7 Å². The van der Waals surface area contributed by atoms with Gasteiger partial charge in [-0.15, -0.1) is 0 Å². The SMILES string of the molecule is COc1ccc([C@H]2NC(=O)c3cccnc3N2)cc1OC. The molecule has 0 saturated carbocycles. The van der Waals surface area contributed by atoms with Gasteiger partial charge in [-0.2, -0.15) is 0 Å². The number of ether oxygens (including phenoxy) is 2. The topological polar surface area (TPSA) is 72.5 Å². The molecule has 0 spiro atoms. The van der Waals surface area contributed by atoms with Crippen LogP contribution in [-0.2, 0) is 0 Å². The third kappa shape index (κ3) is 2.35. The number of hydrogen-bond acceptors (Lipinski definition) is 5. The molecule has 1 atom stereocenters. The van der Waals surface area contributed by atoms with E-state index in [0.717, 1.165) is 5.56 Å². The van der Waals surface area contributed by atoms with Crippen LogP contribution in [0.25, 0.3) is 0 Å². The van der Waals surface area contributed by atoms with Gasteiger partial charge < -0.3 is 20.1 Å². The highest BCUT2D eigenvalue weighted by Crippen LogP contribution is 2.32. The minimum atomic E-state index is -0.361. The van der Waals surface area contributed by atoms with Gasteiger partial charge in [-0.05, 0) is 29.8 Å². The van der Waals surface area contributed by atoms with E-state index in [1.54, 1.807) is 38.6 Å². The van der Waals surface area contributed by atoms with Crippen molar-refractivity contribution in [2.45, 2.75) is 6.17 Å². The Balaban J connectivity index is 1.94. The van der Waals surface area contributed by atoms with E-state index in [1.165, 1.54) is 0 Å². The molecule has 0 radical (unpaired) electrons. The van der Waals surface area contributed by atoms with Gasteiger partial charge in [0, 0.05) is 6.20 Å². The van der Waals surface area contributed by atoms with Gasteiger partial charge in [0.25, 0.3) is 5.91 Å². The zero-order valence-electron chi connectivity index (χ0n) is 11.7. The van der Waals surface area contributed by atoms with Crippen molar-refractivity contribution in [1.82, 2.24) is 10.3 Å². The van der Waals surface area contributed by atoms with Gasteiger partial charge in [-0.25, -0.2) is 4.98 Å². The average molecular weight is 285 g/mol. The number of rotatable bonds is 3. The Morgan fingerprint density at radius 1 is 1.10 bits per heavy atom. The third-order valence-corrected chi connectivity index (χ3v) is 3.35. The normalized spacial score (nSPS) is 16.5. The van der Waals surface area contributed by atoms with Crippen molar-refractivity contribution in [2.75, 3.05) is 19.5 Å². The van der Waals surface area contributed by atoms with E-state index >= 15 is 0 Å². The summed E-state index contributed by atoms with van der Waals surface area (Å²) in [6.07, 6.45) is 1.29. The molecule has 2 heterocycles. The van der Waals surface area contributed by atoms with Crippen LogP contribution in [0.4, 0.5) is 5.82 Å². The van der Waals surface area contributed by atoms with Crippen LogP contribution in [0.1, 0.15) is 22.1 Å². The quantitative estimate of drug-likeness (QED) is 0.902. The van der Waals surface area contributed by atoms with Gasteiger partial charge >= 0.3 is 0 Å². The van der Waals surface area contributed by atoms with Gasteiger partial charge in [0.2, 0.25) is 0 Å². The maximum Gasteiger partial charge on any atom is 0.256 e. The summed E-state index contributed by atoms with van der Waals surface area (Å²) in [6, 6.07) is 8.96. The van der Waals surface area contributed by atoms with Gasteiger partial charge in [-0.3, -0.25) is 4.79 Å². The highest BCUT2D eigenvalue weighted by atomic mass is 16.5. The summed E-state index contributed by atoms with van der Waals surface area (Å²) in [7, 11) is 3.16. The Bertz CT molecular complexity index is 688. The van der Waals surface area contributed by atoms with E-state index in [0.29, 0.717) is 22.9 Å². The predicted molar refractivity (Wildman–Crippen MR) is 77.6 cm³/mol. The lowest BCUT2D eigenvalue weighted by atomic mass is 10.1. The van der Waals surface area contributed by atoms with Crippen LogP contribution in [0.3, 0.4) is 0 Å². The number of nitrogens with zero attached hydrogens (tertiary/aromatic N) is 1. The highest BCUT2D eigenvalue weighted by molar-refractivity contribution is 6.00. The molecule has 2 N–H and O–H groups in total. The van der Waals surface area contributed by atoms with Crippen LogP contribution >= 0.6 is 0 Å². The van der Waals surface area contributed by atoms with Gasteiger partial charge in [-0.1, -0.05) is 6.07 Å². The maximum atomic E-state index is 12.1. The van der Waals surface area contributed by atoms with Crippen LogP contribution in [0, 0.1) is 0 Å². The van der Waals surface area contributed by atoms with E-state index in [4.69, 9.17) is 9.47 Å². The number of fused-ring (bicyclic) bond motifs is 1. The lowest BCUT2D eigenvalue weighted by Gasteiger charge is -2.27. The summed E-state index contributed by atoms with van der Waals surface area (Å²) in [5.74, 6) is 1.66. The summed E-state index contributed by atoms with van der Waals surface area (Å²) < 4.78 is 10.5. The summed E-state index contributed by atoms with van der Waals surface area (Å²) in [5.41, 5.74) is 1.39. The van der Waals surface area contributed by atoms with Crippen molar-refractivity contribution in [1.29, 1.82) is 0 Å². The van der Waals surface area contributed by atoms with Crippen LogP contribution < -0.4 is 20.1 Å². The molecule has 2 aromatic rings. The first kappa shape index (κ1) is 13.2. The Labute approximate surface area is 122 Å². The number of amides is 1. The first-order valence-electron chi connectivity index (χ1n) is 6.47. The molecule has 1 aliphatic rings. The number of carbonyl (C=O) groups is 1. The zero-order chi connectivity index (χ0) is 14.8. The molecular weight excluding hydrogens is 270 g/mol. The second-order valence-electron chi connectivity index (χ2n) is 4.56. The molecule has 0 unspecified atom stereocenters. The molecule has 0 fully saturated rings. The van der Waals surface area contributed by atoms with E-state index in [1.807, 2.05) is 12.1 Å². The Morgan fingerprint density at radius 3 is 2.67 bits per heavy atom. The van der Waals surface area contributed by atoms with Crippen molar-refractivity contribution >= 4 is 11.7 Å². The molecule has 108 valence electrons. The molecule has 1 aromatic carbocycles. The second kappa shape index (κ2) is 5.32. The summed E-state index contributed by atoms with van der Waals surface area (Å²) >= 11 is 0. The minimum absolute atomic E-state index is 0.156. The third-order valence-electron chi connectivity index (χ3n) is 3.35. The highest BCUT2D eigenvalue weighted by Gasteiger charge is 2.25. The lowest BCUT2D eigenvalue weighted by Crippen LogP contribution is -2.38. The van der Waals surface area contributed by atoms with Crippen molar-refractivity contribution in [3.63, 3.8) is 0 Å². The number of aromatic nitrogens is 1. The number of benzene rings is 1. The molecule has 1 aliphatic heterocycles. The molecule has 6 nitrogen and oxygen atoms in total. The summed E-state index contributed by atoms with van der Waals surface area (Å²) in [5, 5.41) is 6.08. The van der Waals surface area contributed by atoms with Crippen LogP contribution in [0.15, 0.2) is 36.5 Å².